The van der Waals surface area contributed by atoms with Gasteiger partial charge >= 0.3 is 6.09 Å². The number of ketones is 1. The Bertz CT molecular complexity index is 588. The van der Waals surface area contributed by atoms with Gasteiger partial charge in [0.05, 0.1) is 0 Å². The zero-order valence-corrected chi connectivity index (χ0v) is 15.9. The average molecular weight is 367 g/mol. The number of amides is 2. The number of rotatable bonds is 9. The Hall–Kier alpha value is -2.02. The molecule has 0 N–H and O–H groups in total. The molecule has 0 radical (unpaired) electrons. The lowest BCUT2D eigenvalue weighted by Crippen LogP contribution is -2.40. The summed E-state index contributed by atoms with van der Waals surface area (Å²) in [6, 6.07) is 7.71. The lowest BCUT2D eigenvalue weighted by molar-refractivity contribution is -0.142. The number of ether oxygens (including phenoxy) is 2. The summed E-state index contributed by atoms with van der Waals surface area (Å²) in [7, 11) is 0. The molecule has 138 valence electrons. The molecule has 0 fully saturated rings. The van der Waals surface area contributed by atoms with Gasteiger partial charge in [0.25, 0.3) is 5.91 Å². The molecule has 1 aromatic rings. The summed E-state index contributed by atoms with van der Waals surface area (Å²) in [5, 5.41) is 0.561. The van der Waals surface area contributed by atoms with Crippen molar-refractivity contribution < 1.29 is 23.9 Å². The van der Waals surface area contributed by atoms with Crippen molar-refractivity contribution in [2.75, 3.05) is 19.8 Å². The van der Waals surface area contributed by atoms with E-state index in [-0.39, 0.29) is 19.8 Å². The lowest BCUT2D eigenvalue weighted by Gasteiger charge is -2.17. The van der Waals surface area contributed by atoms with Crippen LogP contribution in [0.4, 0.5) is 4.79 Å². The molecule has 0 aliphatic carbocycles. The molecule has 0 aromatic heterocycles. The van der Waals surface area contributed by atoms with Gasteiger partial charge in [0.2, 0.25) is 5.78 Å². The van der Waals surface area contributed by atoms with Crippen LogP contribution in [0.3, 0.4) is 0 Å². The second-order valence-corrected chi connectivity index (χ2v) is 6.89. The third-order valence-corrected chi connectivity index (χ3v) is 4.68. The van der Waals surface area contributed by atoms with Crippen molar-refractivity contribution >= 4 is 29.5 Å². The Morgan fingerprint density at radius 1 is 1.12 bits per heavy atom. The van der Waals surface area contributed by atoms with E-state index in [9.17, 15) is 14.4 Å². The number of hydrogen-bond acceptors (Lipinski definition) is 6. The molecule has 1 unspecified atom stereocenters. The van der Waals surface area contributed by atoms with Crippen molar-refractivity contribution in [2.24, 2.45) is 0 Å². The lowest BCUT2D eigenvalue weighted by atomic mass is 10.3. The molecule has 0 saturated carbocycles. The number of carbonyl (C=O) groups is 3. The fourth-order valence-corrected chi connectivity index (χ4v) is 2.77. The number of imide groups is 1. The topological polar surface area (TPSA) is 72.9 Å². The van der Waals surface area contributed by atoms with Crippen LogP contribution < -0.4 is 4.74 Å². The fourth-order valence-electron chi connectivity index (χ4n) is 1.84. The van der Waals surface area contributed by atoms with E-state index in [1.54, 1.807) is 18.7 Å². The Morgan fingerprint density at radius 2 is 1.76 bits per heavy atom. The van der Waals surface area contributed by atoms with Crippen LogP contribution >= 0.6 is 11.8 Å². The van der Waals surface area contributed by atoms with Crippen molar-refractivity contribution in [3.63, 3.8) is 0 Å². The molecule has 2 amide bonds. The van der Waals surface area contributed by atoms with Gasteiger partial charge in [-0.15, -0.1) is 11.8 Å². The largest absolute Gasteiger partial charge is 0.490 e. The van der Waals surface area contributed by atoms with E-state index in [2.05, 4.69) is 13.8 Å². The second kappa shape index (κ2) is 10.8. The van der Waals surface area contributed by atoms with Crippen LogP contribution in [0.1, 0.15) is 34.1 Å². The molecule has 0 spiro atoms. The summed E-state index contributed by atoms with van der Waals surface area (Å²) in [5.41, 5.74) is 0. The number of likely N-dealkylation sites (N-methyl/N-ethyl adjacent to an activating group) is 1. The molecule has 1 aromatic carbocycles. The third kappa shape index (κ3) is 7.17. The monoisotopic (exact) mass is 367 g/mol. The first kappa shape index (κ1) is 21.0. The minimum absolute atomic E-state index is 0.0100. The Labute approximate surface area is 152 Å². The van der Waals surface area contributed by atoms with Gasteiger partial charge < -0.3 is 9.47 Å². The maximum atomic E-state index is 11.8. The smallest absolute Gasteiger partial charge is 0.416 e. The first-order chi connectivity index (χ1) is 11.9. The fraction of sp³-hybridized carbons (Fsp3) is 0.500. The maximum absolute atomic E-state index is 11.8. The highest BCUT2D eigenvalue weighted by Gasteiger charge is 2.24. The number of Topliss-reactive ketones (excluding diaryl/α,β-unsaturated/α-hetero) is 1. The van der Waals surface area contributed by atoms with Gasteiger partial charge in [0.15, 0.2) is 0 Å². The molecular formula is C18H25NO5S. The first-order valence-electron chi connectivity index (χ1n) is 8.27. The highest BCUT2D eigenvalue weighted by molar-refractivity contribution is 7.99. The molecular weight excluding hydrogens is 342 g/mol. The van der Waals surface area contributed by atoms with Crippen LogP contribution in [0.5, 0.6) is 5.75 Å². The van der Waals surface area contributed by atoms with Crippen LogP contribution in [0.2, 0.25) is 0 Å². The van der Waals surface area contributed by atoms with E-state index in [1.807, 2.05) is 24.3 Å². The molecule has 0 saturated heterocycles. The SMILES string of the molecule is CCC(C)Sc1ccc(OCCOC(=O)N(CC)C(=O)C(C)=O)cc1. The van der Waals surface area contributed by atoms with Crippen molar-refractivity contribution in [1.29, 1.82) is 0 Å². The second-order valence-electron chi connectivity index (χ2n) is 5.38. The number of carbonyl (C=O) groups excluding carboxylic acids is 3. The normalized spacial score (nSPS) is 11.5. The summed E-state index contributed by atoms with van der Waals surface area (Å²) in [4.78, 5) is 36.3. The predicted octanol–water partition coefficient (Wildman–Crippen LogP) is 3.53. The molecule has 7 heteroatoms. The van der Waals surface area contributed by atoms with Crippen molar-refractivity contribution in [3.8, 4) is 5.75 Å². The van der Waals surface area contributed by atoms with Gasteiger partial charge in [-0.1, -0.05) is 13.8 Å². The van der Waals surface area contributed by atoms with E-state index in [1.165, 1.54) is 4.90 Å². The Kier molecular flexibility index (Phi) is 9.05. The van der Waals surface area contributed by atoms with Gasteiger partial charge in [-0.2, -0.15) is 0 Å². The molecule has 25 heavy (non-hydrogen) atoms. The predicted molar refractivity (Wildman–Crippen MR) is 97.0 cm³/mol. The van der Waals surface area contributed by atoms with E-state index < -0.39 is 17.8 Å². The van der Waals surface area contributed by atoms with Gasteiger partial charge in [-0.3, -0.25) is 9.59 Å². The summed E-state index contributed by atoms with van der Waals surface area (Å²) in [6.45, 7) is 7.27. The molecule has 1 atom stereocenters. The number of benzene rings is 1. The highest BCUT2D eigenvalue weighted by atomic mass is 32.2. The van der Waals surface area contributed by atoms with Crippen molar-refractivity contribution in [2.45, 2.75) is 44.3 Å². The van der Waals surface area contributed by atoms with Gasteiger partial charge in [-0.25, -0.2) is 9.69 Å². The summed E-state index contributed by atoms with van der Waals surface area (Å²) in [6.07, 6.45) is 0.265. The summed E-state index contributed by atoms with van der Waals surface area (Å²) >= 11 is 1.81. The quantitative estimate of drug-likeness (QED) is 0.378. The standard InChI is InChI=1S/C18H25NO5S/c1-5-13(3)25-16-9-7-15(8-10-16)23-11-12-24-18(22)19(6-2)17(21)14(4)20/h7-10,13H,5-6,11-12H2,1-4H3. The third-order valence-electron chi connectivity index (χ3n) is 3.40. The molecule has 6 nitrogen and oxygen atoms in total. The van der Waals surface area contributed by atoms with Crippen molar-refractivity contribution in [3.05, 3.63) is 24.3 Å². The first-order valence-corrected chi connectivity index (χ1v) is 9.15. The number of thioether (sulfide) groups is 1. The maximum Gasteiger partial charge on any atom is 0.416 e. The van der Waals surface area contributed by atoms with Crippen LogP contribution in [0.15, 0.2) is 29.2 Å². The minimum Gasteiger partial charge on any atom is -0.490 e. The van der Waals surface area contributed by atoms with E-state index in [4.69, 9.17) is 9.47 Å². The Balaban J connectivity index is 2.38. The van der Waals surface area contributed by atoms with E-state index in [0.717, 1.165) is 18.2 Å². The van der Waals surface area contributed by atoms with Crippen molar-refractivity contribution in [1.82, 2.24) is 4.90 Å². The van der Waals surface area contributed by atoms with Gasteiger partial charge in [0, 0.05) is 23.6 Å². The number of nitrogens with zero attached hydrogens (tertiary/aromatic N) is 1. The van der Waals surface area contributed by atoms with E-state index in [0.29, 0.717) is 11.0 Å². The molecule has 0 bridgehead atoms. The molecule has 0 aliphatic rings. The van der Waals surface area contributed by atoms with Crippen LogP contribution in [0, 0.1) is 0 Å². The summed E-state index contributed by atoms with van der Waals surface area (Å²) < 4.78 is 10.5. The van der Waals surface area contributed by atoms with Crippen LogP contribution in [0.25, 0.3) is 0 Å². The summed E-state index contributed by atoms with van der Waals surface area (Å²) in [5.74, 6) is -0.898. The van der Waals surface area contributed by atoms with Gasteiger partial charge in [0.1, 0.15) is 19.0 Å². The molecule has 0 aliphatic heterocycles. The zero-order valence-electron chi connectivity index (χ0n) is 15.1. The van der Waals surface area contributed by atoms with Gasteiger partial charge in [-0.05, 0) is 37.6 Å². The minimum atomic E-state index is -0.872. The molecule has 1 rings (SSSR count). The Morgan fingerprint density at radius 3 is 2.28 bits per heavy atom. The van der Waals surface area contributed by atoms with Crippen LogP contribution in [-0.4, -0.2) is 47.7 Å². The highest BCUT2D eigenvalue weighted by Crippen LogP contribution is 2.26. The molecule has 0 heterocycles. The average Bonchev–Trinajstić information content (AvgIpc) is 2.60. The van der Waals surface area contributed by atoms with E-state index >= 15 is 0 Å². The van der Waals surface area contributed by atoms with Crippen LogP contribution in [-0.2, 0) is 14.3 Å². The zero-order chi connectivity index (χ0) is 18.8. The number of hydrogen-bond donors (Lipinski definition) is 0.